The molecule has 2 rings (SSSR count). The quantitative estimate of drug-likeness (QED) is 0.857. The SMILES string of the molecule is O=C(O)c1coc(C(=O)NC2CCN(CC(F)(F)F)C2=O)c1. The molecule has 1 aliphatic rings. The molecular weight excluding hydrogens is 309 g/mol. The van der Waals surface area contributed by atoms with Gasteiger partial charge in [-0.25, -0.2) is 4.79 Å². The molecule has 0 aliphatic carbocycles. The summed E-state index contributed by atoms with van der Waals surface area (Å²) in [5.41, 5.74) is -0.249. The molecule has 0 spiro atoms. The second-order valence-electron chi connectivity index (χ2n) is 4.69. The van der Waals surface area contributed by atoms with E-state index in [4.69, 9.17) is 9.52 Å². The van der Waals surface area contributed by atoms with E-state index in [1.165, 1.54) is 0 Å². The molecule has 10 heteroatoms. The molecule has 1 aliphatic heterocycles. The van der Waals surface area contributed by atoms with Gasteiger partial charge in [-0.05, 0) is 6.42 Å². The highest BCUT2D eigenvalue weighted by Crippen LogP contribution is 2.21. The summed E-state index contributed by atoms with van der Waals surface area (Å²) in [4.78, 5) is 34.8. The van der Waals surface area contributed by atoms with E-state index >= 15 is 0 Å². The zero-order valence-electron chi connectivity index (χ0n) is 11.0. The van der Waals surface area contributed by atoms with Crippen molar-refractivity contribution in [1.82, 2.24) is 10.2 Å². The molecule has 0 aromatic carbocycles. The average Bonchev–Trinajstić information content (AvgIpc) is 2.99. The number of carbonyl (C=O) groups is 3. The second-order valence-corrected chi connectivity index (χ2v) is 4.69. The molecular formula is C12H11F3N2O5. The molecule has 1 atom stereocenters. The van der Waals surface area contributed by atoms with E-state index in [-0.39, 0.29) is 24.3 Å². The number of furan rings is 1. The molecule has 120 valence electrons. The van der Waals surface area contributed by atoms with Crippen LogP contribution in [0.2, 0.25) is 0 Å². The Kier molecular flexibility index (Phi) is 4.11. The van der Waals surface area contributed by atoms with Gasteiger partial charge >= 0.3 is 12.1 Å². The molecule has 2 heterocycles. The van der Waals surface area contributed by atoms with Crippen LogP contribution >= 0.6 is 0 Å². The fraction of sp³-hybridized carbons (Fsp3) is 0.417. The van der Waals surface area contributed by atoms with Crippen LogP contribution in [0.4, 0.5) is 13.2 Å². The van der Waals surface area contributed by atoms with Gasteiger partial charge in [0.1, 0.15) is 18.8 Å². The van der Waals surface area contributed by atoms with Crippen LogP contribution in [-0.4, -0.2) is 53.1 Å². The molecule has 0 saturated carbocycles. The highest BCUT2D eigenvalue weighted by Gasteiger charge is 2.40. The number of amides is 2. The van der Waals surface area contributed by atoms with Gasteiger partial charge in [-0.3, -0.25) is 9.59 Å². The van der Waals surface area contributed by atoms with Gasteiger partial charge in [0, 0.05) is 12.6 Å². The van der Waals surface area contributed by atoms with Gasteiger partial charge in [0.25, 0.3) is 5.91 Å². The van der Waals surface area contributed by atoms with Crippen LogP contribution in [0.3, 0.4) is 0 Å². The van der Waals surface area contributed by atoms with Gasteiger partial charge in [-0.2, -0.15) is 13.2 Å². The number of carbonyl (C=O) groups excluding carboxylic acids is 2. The highest BCUT2D eigenvalue weighted by molar-refractivity contribution is 5.98. The summed E-state index contributed by atoms with van der Waals surface area (Å²) >= 11 is 0. The Labute approximate surface area is 121 Å². The molecule has 7 nitrogen and oxygen atoms in total. The maximum Gasteiger partial charge on any atom is 0.406 e. The first-order valence-electron chi connectivity index (χ1n) is 6.15. The Bertz CT molecular complexity index is 610. The summed E-state index contributed by atoms with van der Waals surface area (Å²) < 4.78 is 41.5. The molecule has 1 aromatic heterocycles. The minimum Gasteiger partial charge on any atom is -0.478 e. The van der Waals surface area contributed by atoms with Crippen LogP contribution in [0.15, 0.2) is 16.7 Å². The van der Waals surface area contributed by atoms with Gasteiger partial charge in [0.15, 0.2) is 5.76 Å². The summed E-state index contributed by atoms with van der Waals surface area (Å²) in [6, 6.07) is -0.127. The number of carboxylic acids is 1. The van der Waals surface area contributed by atoms with Gasteiger partial charge in [-0.15, -0.1) is 0 Å². The lowest BCUT2D eigenvalue weighted by atomic mass is 10.2. The van der Waals surface area contributed by atoms with E-state index in [1.54, 1.807) is 0 Å². The summed E-state index contributed by atoms with van der Waals surface area (Å²) in [6.45, 7) is -1.50. The van der Waals surface area contributed by atoms with Crippen LogP contribution in [-0.2, 0) is 4.79 Å². The summed E-state index contributed by atoms with van der Waals surface area (Å²) in [5.74, 6) is -3.33. The zero-order valence-corrected chi connectivity index (χ0v) is 11.0. The second kappa shape index (κ2) is 5.70. The number of hydrogen-bond donors (Lipinski definition) is 2. The molecule has 1 unspecified atom stereocenters. The molecule has 0 radical (unpaired) electrons. The first-order valence-corrected chi connectivity index (χ1v) is 6.15. The standard InChI is InChI=1S/C12H11F3N2O5/c13-12(14,15)5-17-2-1-7(10(17)19)16-9(18)8-3-6(4-22-8)11(20)21/h3-4,7H,1-2,5H2,(H,16,18)(H,20,21). The van der Waals surface area contributed by atoms with Crippen molar-refractivity contribution in [2.75, 3.05) is 13.1 Å². The van der Waals surface area contributed by atoms with Crippen LogP contribution in [0.5, 0.6) is 0 Å². The first-order chi connectivity index (χ1) is 10.2. The lowest BCUT2D eigenvalue weighted by molar-refractivity contribution is -0.157. The first kappa shape index (κ1) is 15.9. The molecule has 2 amide bonds. The monoisotopic (exact) mass is 320 g/mol. The van der Waals surface area contributed by atoms with Crippen LogP contribution in [0.25, 0.3) is 0 Å². The van der Waals surface area contributed by atoms with Gasteiger partial charge in [-0.1, -0.05) is 0 Å². The van der Waals surface area contributed by atoms with E-state index in [0.717, 1.165) is 12.3 Å². The Morgan fingerprint density at radius 3 is 2.68 bits per heavy atom. The number of halogens is 3. The number of nitrogens with zero attached hydrogens (tertiary/aromatic N) is 1. The number of nitrogens with one attached hydrogen (secondary N) is 1. The Balaban J connectivity index is 1.97. The molecule has 22 heavy (non-hydrogen) atoms. The summed E-state index contributed by atoms with van der Waals surface area (Å²) in [6.07, 6.45) is -3.62. The minimum atomic E-state index is -4.51. The largest absolute Gasteiger partial charge is 0.478 e. The molecule has 2 N–H and O–H groups in total. The highest BCUT2D eigenvalue weighted by atomic mass is 19.4. The third kappa shape index (κ3) is 3.57. The Hall–Kier alpha value is -2.52. The number of aromatic carboxylic acids is 1. The van der Waals surface area contributed by atoms with Crippen molar-refractivity contribution >= 4 is 17.8 Å². The predicted molar refractivity (Wildman–Crippen MR) is 64.2 cm³/mol. The lowest BCUT2D eigenvalue weighted by Crippen LogP contribution is -2.43. The van der Waals surface area contributed by atoms with E-state index in [0.29, 0.717) is 4.90 Å². The molecule has 1 fully saturated rings. The normalized spacial score (nSPS) is 18.6. The maximum absolute atomic E-state index is 12.3. The van der Waals surface area contributed by atoms with Gasteiger partial charge in [0.05, 0.1) is 5.56 Å². The summed E-state index contributed by atoms with van der Waals surface area (Å²) in [7, 11) is 0. The van der Waals surface area contributed by atoms with E-state index < -0.39 is 36.5 Å². The third-order valence-electron chi connectivity index (χ3n) is 3.04. The number of hydrogen-bond acceptors (Lipinski definition) is 4. The van der Waals surface area contributed by atoms with Crippen molar-refractivity contribution in [3.63, 3.8) is 0 Å². The average molecular weight is 320 g/mol. The fourth-order valence-corrected chi connectivity index (χ4v) is 2.04. The zero-order chi connectivity index (χ0) is 16.5. The van der Waals surface area contributed by atoms with Crippen molar-refractivity contribution in [2.45, 2.75) is 18.6 Å². The number of likely N-dealkylation sites (tertiary alicyclic amines) is 1. The third-order valence-corrected chi connectivity index (χ3v) is 3.04. The summed E-state index contributed by atoms with van der Waals surface area (Å²) in [5, 5.41) is 10.9. The van der Waals surface area contributed by atoms with E-state index in [9.17, 15) is 27.6 Å². The minimum absolute atomic E-state index is 0.0349. The van der Waals surface area contributed by atoms with Crippen molar-refractivity contribution in [3.8, 4) is 0 Å². The van der Waals surface area contributed by atoms with Crippen molar-refractivity contribution in [2.24, 2.45) is 0 Å². The topological polar surface area (TPSA) is 99.8 Å². The smallest absolute Gasteiger partial charge is 0.406 e. The molecule has 1 aromatic rings. The van der Waals surface area contributed by atoms with E-state index in [2.05, 4.69) is 5.32 Å². The molecule has 0 bridgehead atoms. The van der Waals surface area contributed by atoms with Gasteiger partial charge in [0.2, 0.25) is 5.91 Å². The Morgan fingerprint density at radius 1 is 1.45 bits per heavy atom. The van der Waals surface area contributed by atoms with Crippen LogP contribution in [0, 0.1) is 0 Å². The fourth-order valence-electron chi connectivity index (χ4n) is 2.04. The lowest BCUT2D eigenvalue weighted by Gasteiger charge is -2.18. The van der Waals surface area contributed by atoms with Crippen molar-refractivity contribution in [1.29, 1.82) is 0 Å². The number of carboxylic acid groups (broad SMARTS) is 1. The predicted octanol–water partition coefficient (Wildman–Crippen LogP) is 0.871. The maximum atomic E-state index is 12.3. The van der Waals surface area contributed by atoms with Crippen LogP contribution < -0.4 is 5.32 Å². The Morgan fingerprint density at radius 2 is 2.14 bits per heavy atom. The number of rotatable bonds is 4. The van der Waals surface area contributed by atoms with Crippen molar-refractivity contribution < 1.29 is 37.1 Å². The van der Waals surface area contributed by atoms with Crippen molar-refractivity contribution in [3.05, 3.63) is 23.7 Å². The number of alkyl halides is 3. The molecule has 1 saturated heterocycles. The van der Waals surface area contributed by atoms with E-state index in [1.807, 2.05) is 0 Å². The van der Waals surface area contributed by atoms with Crippen LogP contribution in [0.1, 0.15) is 27.3 Å². The van der Waals surface area contributed by atoms with Gasteiger partial charge < -0.3 is 19.7 Å².